The van der Waals surface area contributed by atoms with Crippen molar-refractivity contribution >= 4 is 16.8 Å². The smallest absolute Gasteiger partial charge is 0.220 e. The van der Waals surface area contributed by atoms with E-state index in [4.69, 9.17) is 4.74 Å². The lowest BCUT2D eigenvalue weighted by molar-refractivity contribution is -0.121. The zero-order valence-electron chi connectivity index (χ0n) is 14.5. The summed E-state index contributed by atoms with van der Waals surface area (Å²) in [6, 6.07) is 16.2. The lowest BCUT2D eigenvalue weighted by Gasteiger charge is -2.09. The molecule has 2 aromatic carbocycles. The minimum atomic E-state index is 0.106. The summed E-state index contributed by atoms with van der Waals surface area (Å²) in [7, 11) is 1.67. The second-order valence-corrected chi connectivity index (χ2v) is 6.12. The maximum atomic E-state index is 12.0. The lowest BCUT2D eigenvalue weighted by atomic mass is 10.1. The highest BCUT2D eigenvalue weighted by molar-refractivity contribution is 5.83. The fourth-order valence-electron chi connectivity index (χ4n) is 3.11. The highest BCUT2D eigenvalue weighted by Gasteiger charge is 2.06. The fourth-order valence-corrected chi connectivity index (χ4v) is 3.11. The Labute approximate surface area is 148 Å². The molecule has 0 saturated carbocycles. The van der Waals surface area contributed by atoms with Crippen LogP contribution in [0.25, 0.3) is 10.9 Å². The van der Waals surface area contributed by atoms with Crippen LogP contribution in [0.15, 0.2) is 54.7 Å². The molecule has 0 radical (unpaired) electrons. The molecule has 3 rings (SSSR count). The zero-order valence-corrected chi connectivity index (χ0v) is 14.5. The molecule has 0 aliphatic carbocycles. The van der Waals surface area contributed by atoms with E-state index in [0.29, 0.717) is 13.0 Å². The molecule has 3 aromatic rings. The first-order valence-corrected chi connectivity index (χ1v) is 8.71. The van der Waals surface area contributed by atoms with Gasteiger partial charge in [0, 0.05) is 30.1 Å². The van der Waals surface area contributed by atoms with Crippen molar-refractivity contribution in [2.24, 2.45) is 0 Å². The van der Waals surface area contributed by atoms with Crippen LogP contribution in [0.3, 0.4) is 0 Å². The summed E-state index contributed by atoms with van der Waals surface area (Å²) >= 11 is 0. The Kier molecular flexibility index (Phi) is 5.73. The number of carbonyl (C=O) groups is 1. The number of aryl methyl sites for hydroxylation is 1. The number of ether oxygens (including phenoxy) is 1. The third-order valence-electron chi connectivity index (χ3n) is 4.43. The summed E-state index contributed by atoms with van der Waals surface area (Å²) in [5.74, 6) is 0.978. The van der Waals surface area contributed by atoms with Crippen molar-refractivity contribution in [2.75, 3.05) is 13.7 Å². The van der Waals surface area contributed by atoms with E-state index < -0.39 is 0 Å². The third-order valence-corrected chi connectivity index (χ3v) is 4.43. The summed E-state index contributed by atoms with van der Waals surface area (Å²) in [4.78, 5) is 15.3. The van der Waals surface area contributed by atoms with E-state index in [1.807, 2.05) is 42.6 Å². The molecule has 1 aromatic heterocycles. The molecule has 0 fully saturated rings. The van der Waals surface area contributed by atoms with Crippen molar-refractivity contribution in [1.29, 1.82) is 0 Å². The summed E-state index contributed by atoms with van der Waals surface area (Å²) in [5, 5.41) is 4.25. The number of rotatable bonds is 8. The van der Waals surface area contributed by atoms with Crippen LogP contribution in [-0.4, -0.2) is 24.5 Å². The van der Waals surface area contributed by atoms with Gasteiger partial charge in [0.15, 0.2) is 0 Å². The van der Waals surface area contributed by atoms with Crippen molar-refractivity contribution in [2.45, 2.75) is 25.7 Å². The predicted molar refractivity (Wildman–Crippen MR) is 101 cm³/mol. The van der Waals surface area contributed by atoms with Crippen LogP contribution in [0, 0.1) is 0 Å². The van der Waals surface area contributed by atoms with Gasteiger partial charge in [-0.15, -0.1) is 0 Å². The Morgan fingerprint density at radius 2 is 1.84 bits per heavy atom. The van der Waals surface area contributed by atoms with E-state index in [9.17, 15) is 4.79 Å². The molecule has 1 amide bonds. The van der Waals surface area contributed by atoms with Crippen molar-refractivity contribution in [3.05, 3.63) is 65.9 Å². The average Bonchev–Trinajstić information content (AvgIpc) is 3.05. The van der Waals surface area contributed by atoms with Crippen molar-refractivity contribution < 1.29 is 9.53 Å². The quantitative estimate of drug-likeness (QED) is 0.656. The number of hydrogen-bond acceptors (Lipinski definition) is 2. The van der Waals surface area contributed by atoms with Crippen LogP contribution in [0.2, 0.25) is 0 Å². The fraction of sp³-hybridized carbons (Fsp3) is 0.286. The lowest BCUT2D eigenvalue weighted by Crippen LogP contribution is -2.25. The molecule has 0 aliphatic rings. The maximum absolute atomic E-state index is 12.0. The average molecular weight is 336 g/mol. The van der Waals surface area contributed by atoms with E-state index in [2.05, 4.69) is 22.4 Å². The standard InChI is InChI=1S/C21H24N2O2/c1-25-20-11-5-2-7-16(20)13-14-22-21(24)12-6-8-17-15-23-19-10-4-3-9-18(17)19/h2-5,7,9-11,15,23H,6,8,12-14H2,1H3,(H,22,24). The van der Waals surface area contributed by atoms with Crippen LogP contribution >= 0.6 is 0 Å². The van der Waals surface area contributed by atoms with E-state index in [-0.39, 0.29) is 5.91 Å². The molecule has 0 saturated heterocycles. The highest BCUT2D eigenvalue weighted by atomic mass is 16.5. The van der Waals surface area contributed by atoms with Crippen LogP contribution in [0.5, 0.6) is 5.75 Å². The van der Waals surface area contributed by atoms with Gasteiger partial charge in [-0.2, -0.15) is 0 Å². The molecule has 0 atom stereocenters. The number of amides is 1. The van der Waals surface area contributed by atoms with Gasteiger partial charge in [-0.3, -0.25) is 4.79 Å². The Morgan fingerprint density at radius 3 is 2.72 bits per heavy atom. The van der Waals surface area contributed by atoms with E-state index in [1.54, 1.807) is 7.11 Å². The Hall–Kier alpha value is -2.75. The number of hydrogen-bond donors (Lipinski definition) is 2. The number of nitrogens with one attached hydrogen (secondary N) is 2. The molecule has 0 unspecified atom stereocenters. The number of H-pyrrole nitrogens is 1. The number of para-hydroxylation sites is 2. The molecule has 4 nitrogen and oxygen atoms in total. The minimum absolute atomic E-state index is 0.106. The Morgan fingerprint density at radius 1 is 1.04 bits per heavy atom. The van der Waals surface area contributed by atoms with Gasteiger partial charge < -0.3 is 15.0 Å². The predicted octanol–water partition coefficient (Wildman–Crippen LogP) is 3.86. The van der Waals surface area contributed by atoms with E-state index in [1.165, 1.54) is 10.9 Å². The first-order chi connectivity index (χ1) is 12.3. The van der Waals surface area contributed by atoms with Crippen molar-refractivity contribution in [3.8, 4) is 5.75 Å². The van der Waals surface area contributed by atoms with Crippen molar-refractivity contribution in [1.82, 2.24) is 10.3 Å². The van der Waals surface area contributed by atoms with Crippen LogP contribution in [0.4, 0.5) is 0 Å². The first kappa shape index (κ1) is 17.1. The number of aromatic nitrogens is 1. The van der Waals surface area contributed by atoms with Crippen LogP contribution < -0.4 is 10.1 Å². The Bertz CT molecular complexity index is 839. The van der Waals surface area contributed by atoms with Crippen LogP contribution in [-0.2, 0) is 17.6 Å². The third kappa shape index (κ3) is 4.41. The number of methoxy groups -OCH3 is 1. The van der Waals surface area contributed by atoms with Crippen LogP contribution in [0.1, 0.15) is 24.0 Å². The molecule has 0 aliphatic heterocycles. The van der Waals surface area contributed by atoms with Gasteiger partial charge in [0.1, 0.15) is 5.75 Å². The molecular weight excluding hydrogens is 312 g/mol. The topological polar surface area (TPSA) is 54.1 Å². The summed E-state index contributed by atoms with van der Waals surface area (Å²) < 4.78 is 5.33. The van der Waals surface area contributed by atoms with Gasteiger partial charge in [-0.25, -0.2) is 0 Å². The molecule has 0 spiro atoms. The molecule has 4 heteroatoms. The number of carbonyl (C=O) groups excluding carboxylic acids is 1. The van der Waals surface area contributed by atoms with Gasteiger partial charge in [0.25, 0.3) is 0 Å². The summed E-state index contributed by atoms with van der Waals surface area (Å²) in [6.45, 7) is 0.631. The second-order valence-electron chi connectivity index (χ2n) is 6.12. The van der Waals surface area contributed by atoms with Gasteiger partial charge in [-0.1, -0.05) is 36.4 Å². The molecule has 2 N–H and O–H groups in total. The monoisotopic (exact) mass is 336 g/mol. The summed E-state index contributed by atoms with van der Waals surface area (Å²) in [6.07, 6.45) is 5.13. The maximum Gasteiger partial charge on any atom is 0.220 e. The number of aromatic amines is 1. The Balaban J connectivity index is 1.41. The zero-order chi connectivity index (χ0) is 17.5. The van der Waals surface area contributed by atoms with Gasteiger partial charge in [0.2, 0.25) is 5.91 Å². The van der Waals surface area contributed by atoms with E-state index >= 15 is 0 Å². The molecular formula is C21H24N2O2. The highest BCUT2D eigenvalue weighted by Crippen LogP contribution is 2.19. The molecule has 0 bridgehead atoms. The minimum Gasteiger partial charge on any atom is -0.496 e. The normalized spacial score (nSPS) is 10.8. The number of fused-ring (bicyclic) bond motifs is 1. The van der Waals surface area contributed by atoms with E-state index in [0.717, 1.165) is 36.1 Å². The molecule has 130 valence electrons. The molecule has 25 heavy (non-hydrogen) atoms. The van der Waals surface area contributed by atoms with Gasteiger partial charge >= 0.3 is 0 Å². The number of benzene rings is 2. The largest absolute Gasteiger partial charge is 0.496 e. The van der Waals surface area contributed by atoms with Crippen molar-refractivity contribution in [3.63, 3.8) is 0 Å². The summed E-state index contributed by atoms with van der Waals surface area (Å²) in [5.41, 5.74) is 3.54. The van der Waals surface area contributed by atoms with Gasteiger partial charge in [0.05, 0.1) is 7.11 Å². The first-order valence-electron chi connectivity index (χ1n) is 8.71. The van der Waals surface area contributed by atoms with Gasteiger partial charge in [-0.05, 0) is 42.5 Å². The molecule has 1 heterocycles. The SMILES string of the molecule is COc1ccccc1CCNC(=O)CCCc1c[nH]c2ccccc12. The second kappa shape index (κ2) is 8.38.